The summed E-state index contributed by atoms with van der Waals surface area (Å²) in [6.07, 6.45) is 5.96. The molecule has 0 radical (unpaired) electrons. The van der Waals surface area contributed by atoms with E-state index in [4.69, 9.17) is 27.0 Å². The maximum Gasteiger partial charge on any atom is 0.0938 e. The summed E-state index contributed by atoms with van der Waals surface area (Å²) in [6.45, 7) is 0. The van der Waals surface area contributed by atoms with Crippen molar-refractivity contribution in [3.05, 3.63) is 47.3 Å². The zero-order chi connectivity index (χ0) is 11.3. The molecule has 0 aliphatic heterocycles. The van der Waals surface area contributed by atoms with Crippen molar-refractivity contribution in [2.24, 2.45) is 17.2 Å². The summed E-state index contributed by atoms with van der Waals surface area (Å²) in [7, 11) is 0. The molecule has 0 atom stereocenters. The molecule has 5 nitrogen and oxygen atoms in total. The second-order valence-electron chi connectivity index (χ2n) is 3.01. The van der Waals surface area contributed by atoms with Crippen molar-refractivity contribution in [2.75, 3.05) is 0 Å². The highest BCUT2D eigenvalue weighted by molar-refractivity contribution is 5.81. The van der Waals surface area contributed by atoms with E-state index < -0.39 is 0 Å². The molecule has 1 aromatic rings. The first-order valence-corrected chi connectivity index (χ1v) is 4.37. The molecular formula is C10H14N4O. The van der Waals surface area contributed by atoms with E-state index in [0.29, 0.717) is 23.4 Å². The van der Waals surface area contributed by atoms with Gasteiger partial charge in [0, 0.05) is 30.1 Å². The third-order valence-corrected chi connectivity index (χ3v) is 1.97. The summed E-state index contributed by atoms with van der Waals surface area (Å²) in [5.41, 5.74) is 18.9. The van der Waals surface area contributed by atoms with Crippen LogP contribution in [0.1, 0.15) is 5.56 Å². The Bertz CT molecular complexity index is 390. The van der Waals surface area contributed by atoms with E-state index in [9.17, 15) is 0 Å². The molecule has 0 aliphatic rings. The van der Waals surface area contributed by atoms with Crippen LogP contribution in [-0.2, 0) is 6.42 Å². The molecule has 1 heterocycles. The van der Waals surface area contributed by atoms with Gasteiger partial charge >= 0.3 is 0 Å². The minimum absolute atomic E-state index is 0.328. The predicted octanol–water partition coefficient (Wildman–Crippen LogP) is 0.443. The molecule has 0 spiro atoms. The minimum atomic E-state index is 0.328. The Morgan fingerprint density at radius 3 is 2.67 bits per heavy atom. The molecular weight excluding hydrogens is 192 g/mol. The van der Waals surface area contributed by atoms with Crippen molar-refractivity contribution in [1.29, 1.82) is 5.41 Å². The first-order valence-electron chi connectivity index (χ1n) is 4.37. The number of furan rings is 1. The fourth-order valence-electron chi connectivity index (χ4n) is 1.11. The number of hydrogen-bond donors (Lipinski definition) is 4. The maximum absolute atomic E-state index is 7.07. The monoisotopic (exact) mass is 206 g/mol. The standard InChI is InChI=1S/C10H14N4O/c11-4-8(5-12)10(14)9(13)3-7-1-2-15-6-7/h1-2,4-6,11H,3,12-14H2/b8-5-,10-9+,11-4?. The van der Waals surface area contributed by atoms with E-state index in [2.05, 4.69) is 0 Å². The molecule has 0 amide bonds. The number of nitrogens with two attached hydrogens (primary N) is 3. The fraction of sp³-hybridized carbons (Fsp3) is 0.100. The van der Waals surface area contributed by atoms with Crippen LogP contribution in [0.5, 0.6) is 0 Å². The number of allylic oxidation sites excluding steroid dienone is 2. The van der Waals surface area contributed by atoms with Gasteiger partial charge in [-0.2, -0.15) is 0 Å². The molecule has 5 heteroatoms. The van der Waals surface area contributed by atoms with Crippen LogP contribution in [0.25, 0.3) is 0 Å². The van der Waals surface area contributed by atoms with Gasteiger partial charge in [-0.25, -0.2) is 0 Å². The molecule has 80 valence electrons. The number of rotatable bonds is 4. The van der Waals surface area contributed by atoms with Crippen LogP contribution >= 0.6 is 0 Å². The normalized spacial score (nSPS) is 13.5. The Kier molecular flexibility index (Phi) is 3.56. The first-order chi connectivity index (χ1) is 7.19. The molecule has 0 saturated heterocycles. The maximum atomic E-state index is 7.07. The summed E-state index contributed by atoms with van der Waals surface area (Å²) in [4.78, 5) is 0. The molecule has 0 aliphatic carbocycles. The van der Waals surface area contributed by atoms with Gasteiger partial charge in [-0.15, -0.1) is 0 Å². The van der Waals surface area contributed by atoms with Crippen LogP contribution in [0.15, 0.2) is 46.2 Å². The summed E-state index contributed by atoms with van der Waals surface area (Å²) >= 11 is 0. The zero-order valence-corrected chi connectivity index (χ0v) is 8.23. The van der Waals surface area contributed by atoms with Gasteiger partial charge in [-0.3, -0.25) is 0 Å². The lowest BCUT2D eigenvalue weighted by atomic mass is 10.1. The van der Waals surface area contributed by atoms with Crippen molar-refractivity contribution < 1.29 is 4.42 Å². The topological polar surface area (TPSA) is 115 Å². The fourth-order valence-corrected chi connectivity index (χ4v) is 1.11. The molecule has 0 fully saturated rings. The van der Waals surface area contributed by atoms with Gasteiger partial charge in [0.25, 0.3) is 0 Å². The van der Waals surface area contributed by atoms with E-state index in [1.807, 2.05) is 0 Å². The lowest BCUT2D eigenvalue weighted by Gasteiger charge is -2.06. The van der Waals surface area contributed by atoms with Gasteiger partial charge in [-0.1, -0.05) is 0 Å². The first kappa shape index (κ1) is 10.9. The average molecular weight is 206 g/mol. The highest BCUT2D eigenvalue weighted by Gasteiger charge is 2.05. The molecule has 7 N–H and O–H groups in total. The van der Waals surface area contributed by atoms with Gasteiger partial charge in [0.2, 0.25) is 0 Å². The van der Waals surface area contributed by atoms with E-state index in [1.165, 1.54) is 6.20 Å². The van der Waals surface area contributed by atoms with Gasteiger partial charge < -0.3 is 27.0 Å². The van der Waals surface area contributed by atoms with Gasteiger partial charge in [-0.05, 0) is 11.6 Å². The lowest BCUT2D eigenvalue weighted by molar-refractivity contribution is 0.564. The van der Waals surface area contributed by atoms with Crippen molar-refractivity contribution >= 4 is 6.21 Å². The predicted molar refractivity (Wildman–Crippen MR) is 58.9 cm³/mol. The summed E-state index contributed by atoms with van der Waals surface area (Å²) < 4.78 is 4.91. The Labute approximate surface area is 87.7 Å². The van der Waals surface area contributed by atoms with Gasteiger partial charge in [0.05, 0.1) is 18.2 Å². The zero-order valence-electron chi connectivity index (χ0n) is 8.23. The SMILES string of the molecule is N=CC(=C/N)/C(N)=C(\N)Cc1ccoc1. The molecule has 0 unspecified atom stereocenters. The third kappa shape index (κ3) is 2.63. The summed E-state index contributed by atoms with van der Waals surface area (Å²) in [5, 5.41) is 7.07. The van der Waals surface area contributed by atoms with Crippen LogP contribution in [0, 0.1) is 5.41 Å². The molecule has 15 heavy (non-hydrogen) atoms. The molecule has 1 aromatic heterocycles. The Balaban J connectivity index is 2.86. The van der Waals surface area contributed by atoms with Crippen molar-refractivity contribution in [1.82, 2.24) is 0 Å². The van der Waals surface area contributed by atoms with Crippen LogP contribution in [-0.4, -0.2) is 6.21 Å². The summed E-state index contributed by atoms with van der Waals surface area (Å²) in [6, 6.07) is 1.80. The second-order valence-corrected chi connectivity index (χ2v) is 3.01. The van der Waals surface area contributed by atoms with E-state index in [0.717, 1.165) is 11.8 Å². The molecule has 0 saturated carbocycles. The smallest absolute Gasteiger partial charge is 0.0938 e. The van der Waals surface area contributed by atoms with Crippen LogP contribution < -0.4 is 17.2 Å². The highest BCUT2D eigenvalue weighted by atomic mass is 16.3. The largest absolute Gasteiger partial charge is 0.472 e. The van der Waals surface area contributed by atoms with E-state index >= 15 is 0 Å². The Hall–Kier alpha value is -2.17. The summed E-state index contributed by atoms with van der Waals surface area (Å²) in [5.74, 6) is 0. The van der Waals surface area contributed by atoms with Crippen molar-refractivity contribution in [3.8, 4) is 0 Å². The lowest BCUT2D eigenvalue weighted by Crippen LogP contribution is -2.15. The minimum Gasteiger partial charge on any atom is -0.472 e. The molecule has 0 aromatic carbocycles. The van der Waals surface area contributed by atoms with Crippen molar-refractivity contribution in [3.63, 3.8) is 0 Å². The van der Waals surface area contributed by atoms with E-state index in [1.54, 1.807) is 18.6 Å². The third-order valence-electron chi connectivity index (χ3n) is 1.97. The Morgan fingerprint density at radius 2 is 2.20 bits per heavy atom. The Morgan fingerprint density at radius 1 is 1.47 bits per heavy atom. The number of nitrogens with one attached hydrogen (secondary N) is 1. The molecule has 1 rings (SSSR count). The quantitative estimate of drug-likeness (QED) is 0.422. The average Bonchev–Trinajstić information content (AvgIpc) is 2.72. The van der Waals surface area contributed by atoms with Gasteiger partial charge in [0.1, 0.15) is 0 Å². The highest BCUT2D eigenvalue weighted by Crippen LogP contribution is 2.09. The van der Waals surface area contributed by atoms with E-state index in [-0.39, 0.29) is 0 Å². The van der Waals surface area contributed by atoms with Crippen LogP contribution in [0.2, 0.25) is 0 Å². The van der Waals surface area contributed by atoms with Crippen molar-refractivity contribution in [2.45, 2.75) is 6.42 Å². The second kappa shape index (κ2) is 4.90. The molecule has 0 bridgehead atoms. The van der Waals surface area contributed by atoms with Crippen LogP contribution in [0.4, 0.5) is 0 Å². The van der Waals surface area contributed by atoms with Crippen LogP contribution in [0.3, 0.4) is 0 Å². The number of hydrogen-bond acceptors (Lipinski definition) is 5. The van der Waals surface area contributed by atoms with Gasteiger partial charge in [0.15, 0.2) is 0 Å².